The Bertz CT molecular complexity index is 768. The number of carbonyl (C=O) groups excluding carboxylic acids is 1. The van der Waals surface area contributed by atoms with Gasteiger partial charge in [0.15, 0.2) is 6.10 Å². The van der Waals surface area contributed by atoms with E-state index in [-0.39, 0.29) is 5.91 Å². The van der Waals surface area contributed by atoms with Crippen molar-refractivity contribution in [2.75, 3.05) is 14.2 Å². The van der Waals surface area contributed by atoms with Crippen LogP contribution in [0.5, 0.6) is 5.75 Å². The van der Waals surface area contributed by atoms with Gasteiger partial charge in [0, 0.05) is 14.2 Å². The van der Waals surface area contributed by atoms with E-state index in [0.717, 1.165) is 16.9 Å². The molecule has 1 amide bonds. The molecular formula is C23H31NO3. The molecule has 0 aromatic heterocycles. The van der Waals surface area contributed by atoms with Gasteiger partial charge in [0.1, 0.15) is 12.4 Å². The van der Waals surface area contributed by atoms with Crippen LogP contribution in [0.15, 0.2) is 42.5 Å². The molecule has 0 aliphatic heterocycles. The fraction of sp³-hybridized carbons (Fsp3) is 0.435. The summed E-state index contributed by atoms with van der Waals surface area (Å²) in [4.78, 5) is 12.2. The third-order valence-corrected chi connectivity index (χ3v) is 4.77. The minimum absolute atomic E-state index is 0.172. The molecular weight excluding hydrogens is 338 g/mol. The molecule has 1 unspecified atom stereocenters. The van der Waals surface area contributed by atoms with Crippen molar-refractivity contribution in [1.29, 1.82) is 0 Å². The molecule has 0 bridgehead atoms. The summed E-state index contributed by atoms with van der Waals surface area (Å²) in [5.74, 6) is 1.54. The molecule has 2 aromatic rings. The van der Waals surface area contributed by atoms with Gasteiger partial charge in [-0.3, -0.25) is 4.79 Å². The number of nitrogens with one attached hydrogen (secondary N) is 1. The fourth-order valence-corrected chi connectivity index (χ4v) is 3.10. The first-order chi connectivity index (χ1) is 12.9. The normalized spacial score (nSPS) is 12.3. The average molecular weight is 370 g/mol. The highest BCUT2D eigenvalue weighted by Gasteiger charge is 2.22. The monoisotopic (exact) mass is 369 g/mol. The number of ether oxygens (including phenoxy) is 2. The lowest BCUT2D eigenvalue weighted by atomic mass is 9.96. The van der Waals surface area contributed by atoms with Crippen LogP contribution in [0.25, 0.3) is 0 Å². The second-order valence-electron chi connectivity index (χ2n) is 7.32. The van der Waals surface area contributed by atoms with E-state index in [1.165, 1.54) is 11.1 Å². The van der Waals surface area contributed by atoms with E-state index in [0.29, 0.717) is 18.4 Å². The van der Waals surface area contributed by atoms with Gasteiger partial charge in [-0.1, -0.05) is 64.1 Å². The van der Waals surface area contributed by atoms with E-state index in [1.54, 1.807) is 14.2 Å². The van der Waals surface area contributed by atoms with Crippen LogP contribution in [0.1, 0.15) is 67.9 Å². The summed E-state index contributed by atoms with van der Waals surface area (Å²) in [7, 11) is 3.15. The lowest BCUT2D eigenvalue weighted by Crippen LogP contribution is -2.27. The summed E-state index contributed by atoms with van der Waals surface area (Å²) in [5.41, 5.74) is 4.21. The van der Waals surface area contributed by atoms with Gasteiger partial charge < -0.3 is 14.8 Å². The molecule has 0 spiro atoms. The zero-order valence-corrected chi connectivity index (χ0v) is 17.2. The first kappa shape index (κ1) is 21.0. The molecule has 0 aliphatic rings. The third kappa shape index (κ3) is 5.10. The molecule has 1 N–H and O–H groups in total. The third-order valence-electron chi connectivity index (χ3n) is 4.77. The Morgan fingerprint density at radius 2 is 1.70 bits per heavy atom. The number of hydrogen-bond donors (Lipinski definition) is 1. The predicted octanol–water partition coefficient (Wildman–Crippen LogP) is 4.95. The molecule has 0 aliphatic carbocycles. The summed E-state index contributed by atoms with van der Waals surface area (Å²) in [5, 5.41) is 2.65. The quantitative estimate of drug-likeness (QED) is 0.716. The van der Waals surface area contributed by atoms with Crippen molar-refractivity contribution in [2.24, 2.45) is 0 Å². The number of methoxy groups -OCH3 is 1. The van der Waals surface area contributed by atoms with Gasteiger partial charge in [0.05, 0.1) is 0 Å². The SMILES string of the molecule is CNC(=O)C(OC)c1ccccc1COc1cc(C(C)C)ccc1C(C)C. The minimum atomic E-state index is -0.652. The molecule has 4 heteroatoms. The van der Waals surface area contributed by atoms with E-state index in [4.69, 9.17) is 9.47 Å². The van der Waals surface area contributed by atoms with Crippen LogP contribution in [0.3, 0.4) is 0 Å². The summed E-state index contributed by atoms with van der Waals surface area (Å²) >= 11 is 0. The Hall–Kier alpha value is -2.33. The topological polar surface area (TPSA) is 47.6 Å². The summed E-state index contributed by atoms with van der Waals surface area (Å²) < 4.78 is 11.7. The van der Waals surface area contributed by atoms with Gasteiger partial charge in [0.2, 0.25) is 0 Å². The Morgan fingerprint density at radius 3 is 2.30 bits per heavy atom. The molecule has 0 fully saturated rings. The second-order valence-corrected chi connectivity index (χ2v) is 7.32. The second kappa shape index (κ2) is 9.56. The van der Waals surface area contributed by atoms with E-state index in [2.05, 4.69) is 51.2 Å². The Morgan fingerprint density at radius 1 is 1.00 bits per heavy atom. The van der Waals surface area contributed by atoms with Gasteiger partial charge in [-0.05, 0) is 40.2 Å². The zero-order chi connectivity index (χ0) is 20.0. The number of amides is 1. The van der Waals surface area contributed by atoms with Crippen LogP contribution < -0.4 is 10.1 Å². The van der Waals surface area contributed by atoms with E-state index in [1.807, 2.05) is 24.3 Å². The first-order valence-corrected chi connectivity index (χ1v) is 9.47. The molecule has 2 aromatic carbocycles. The van der Waals surface area contributed by atoms with Crippen LogP contribution >= 0.6 is 0 Å². The molecule has 2 rings (SSSR count). The number of benzene rings is 2. The number of likely N-dealkylation sites (N-methyl/N-ethyl adjacent to an activating group) is 1. The van der Waals surface area contributed by atoms with Crippen LogP contribution in [0.2, 0.25) is 0 Å². The van der Waals surface area contributed by atoms with E-state index in [9.17, 15) is 4.79 Å². The van der Waals surface area contributed by atoms with E-state index >= 15 is 0 Å². The van der Waals surface area contributed by atoms with Crippen molar-refractivity contribution < 1.29 is 14.3 Å². The standard InChI is InChI=1S/C23H31NO3/c1-15(2)17-11-12-19(16(3)4)21(13-17)27-14-18-9-7-8-10-20(18)22(26-6)23(25)24-5/h7-13,15-16,22H,14H2,1-6H3,(H,24,25). The van der Waals surface area contributed by atoms with Crippen molar-refractivity contribution in [2.45, 2.75) is 52.2 Å². The maximum atomic E-state index is 12.2. The summed E-state index contributed by atoms with van der Waals surface area (Å²) in [6.07, 6.45) is -0.652. The van der Waals surface area contributed by atoms with Crippen molar-refractivity contribution in [3.8, 4) is 5.75 Å². The average Bonchev–Trinajstić information content (AvgIpc) is 2.67. The van der Waals surface area contributed by atoms with Gasteiger partial charge >= 0.3 is 0 Å². The fourth-order valence-electron chi connectivity index (χ4n) is 3.10. The number of carbonyl (C=O) groups is 1. The molecule has 1 atom stereocenters. The van der Waals surface area contributed by atoms with Crippen molar-refractivity contribution in [3.05, 3.63) is 64.7 Å². The molecule has 146 valence electrons. The maximum Gasteiger partial charge on any atom is 0.253 e. The molecule has 27 heavy (non-hydrogen) atoms. The zero-order valence-electron chi connectivity index (χ0n) is 17.2. The van der Waals surface area contributed by atoms with Crippen LogP contribution in [0, 0.1) is 0 Å². The predicted molar refractivity (Wildman–Crippen MR) is 109 cm³/mol. The molecule has 0 saturated heterocycles. The van der Waals surface area contributed by atoms with Gasteiger partial charge in [0.25, 0.3) is 5.91 Å². The molecule has 0 heterocycles. The van der Waals surface area contributed by atoms with Crippen molar-refractivity contribution in [3.63, 3.8) is 0 Å². The van der Waals surface area contributed by atoms with Crippen LogP contribution in [-0.2, 0) is 16.1 Å². The smallest absolute Gasteiger partial charge is 0.253 e. The Kier molecular flexibility index (Phi) is 7.43. The summed E-state index contributed by atoms with van der Waals surface area (Å²) in [6, 6.07) is 14.2. The van der Waals surface area contributed by atoms with Gasteiger partial charge in [-0.15, -0.1) is 0 Å². The van der Waals surface area contributed by atoms with Crippen molar-refractivity contribution >= 4 is 5.91 Å². The lowest BCUT2D eigenvalue weighted by Gasteiger charge is -2.20. The van der Waals surface area contributed by atoms with E-state index < -0.39 is 6.10 Å². The largest absolute Gasteiger partial charge is 0.489 e. The highest BCUT2D eigenvalue weighted by atomic mass is 16.5. The van der Waals surface area contributed by atoms with Gasteiger partial charge in [-0.25, -0.2) is 0 Å². The van der Waals surface area contributed by atoms with Gasteiger partial charge in [-0.2, -0.15) is 0 Å². The Labute approximate surface area is 162 Å². The summed E-state index contributed by atoms with van der Waals surface area (Å²) in [6.45, 7) is 9.07. The first-order valence-electron chi connectivity index (χ1n) is 9.47. The molecule has 0 saturated carbocycles. The highest BCUT2D eigenvalue weighted by molar-refractivity contribution is 5.82. The van der Waals surface area contributed by atoms with Crippen LogP contribution in [0.4, 0.5) is 0 Å². The molecule has 0 radical (unpaired) electrons. The van der Waals surface area contributed by atoms with Crippen molar-refractivity contribution in [1.82, 2.24) is 5.32 Å². The number of hydrogen-bond acceptors (Lipinski definition) is 3. The Balaban J connectivity index is 2.32. The minimum Gasteiger partial charge on any atom is -0.489 e. The van der Waals surface area contributed by atoms with Crippen LogP contribution in [-0.4, -0.2) is 20.1 Å². The molecule has 4 nitrogen and oxygen atoms in total. The maximum absolute atomic E-state index is 12.2. The number of rotatable bonds is 8. The highest BCUT2D eigenvalue weighted by Crippen LogP contribution is 2.31. The lowest BCUT2D eigenvalue weighted by molar-refractivity contribution is -0.130.